The summed E-state index contributed by atoms with van der Waals surface area (Å²) in [5.41, 5.74) is 3.87. The van der Waals surface area contributed by atoms with Crippen molar-refractivity contribution in [3.8, 4) is 0 Å². The topological polar surface area (TPSA) is 29.1 Å². The highest BCUT2D eigenvalue weighted by molar-refractivity contribution is 6.07. The van der Waals surface area contributed by atoms with E-state index in [1.165, 1.54) is 0 Å². The lowest BCUT2D eigenvalue weighted by Crippen LogP contribution is -2.31. The zero-order chi connectivity index (χ0) is 15.6. The van der Waals surface area contributed by atoms with Gasteiger partial charge in [0.2, 0.25) is 0 Å². The van der Waals surface area contributed by atoms with E-state index in [1.807, 2.05) is 72.8 Å². The molecule has 112 valence electrons. The van der Waals surface area contributed by atoms with Gasteiger partial charge in [-0.3, -0.25) is 4.79 Å². The van der Waals surface area contributed by atoms with Crippen LogP contribution in [-0.2, 0) is 0 Å². The molecular weight excluding hydrogens is 282 g/mol. The van der Waals surface area contributed by atoms with Crippen LogP contribution in [0.5, 0.6) is 0 Å². The molecule has 1 aliphatic heterocycles. The summed E-state index contributed by atoms with van der Waals surface area (Å²) in [6, 6.07) is 27.9. The summed E-state index contributed by atoms with van der Waals surface area (Å²) < 4.78 is 0. The molecule has 0 unspecified atom stereocenters. The smallest absolute Gasteiger partial charge is 0.174 e. The molecule has 4 rings (SSSR count). The van der Waals surface area contributed by atoms with Gasteiger partial charge in [0.15, 0.2) is 5.78 Å². The van der Waals surface area contributed by atoms with Gasteiger partial charge in [-0.25, -0.2) is 0 Å². The van der Waals surface area contributed by atoms with Crippen LogP contribution in [0.2, 0.25) is 0 Å². The molecule has 0 bridgehead atoms. The molecule has 2 atom stereocenters. The highest BCUT2D eigenvalue weighted by atomic mass is 16.1. The molecule has 1 heterocycles. The number of fused-ring (bicyclic) bond motifs is 1. The van der Waals surface area contributed by atoms with Gasteiger partial charge < -0.3 is 5.32 Å². The molecule has 0 amide bonds. The average Bonchev–Trinajstić information content (AvgIpc) is 2.63. The van der Waals surface area contributed by atoms with Crippen LogP contribution in [0.25, 0.3) is 0 Å². The van der Waals surface area contributed by atoms with Gasteiger partial charge >= 0.3 is 0 Å². The average molecular weight is 299 g/mol. The Hall–Kier alpha value is -2.87. The minimum absolute atomic E-state index is 0.0546. The highest BCUT2D eigenvalue weighted by Gasteiger charge is 2.36. The van der Waals surface area contributed by atoms with Crippen LogP contribution in [0.3, 0.4) is 0 Å². The summed E-state index contributed by atoms with van der Waals surface area (Å²) in [6.45, 7) is 0. The van der Waals surface area contributed by atoms with E-state index in [2.05, 4.69) is 17.4 Å². The van der Waals surface area contributed by atoms with Gasteiger partial charge in [-0.05, 0) is 23.3 Å². The first-order valence-electron chi connectivity index (χ1n) is 7.84. The van der Waals surface area contributed by atoms with E-state index >= 15 is 0 Å². The van der Waals surface area contributed by atoms with E-state index in [9.17, 15) is 4.79 Å². The van der Waals surface area contributed by atoms with Gasteiger partial charge in [0.05, 0.1) is 12.0 Å². The number of rotatable bonds is 2. The molecule has 3 aromatic rings. The maximum atomic E-state index is 13.2. The molecule has 2 heteroatoms. The molecule has 2 nitrogen and oxygen atoms in total. The minimum atomic E-state index is -0.214. The van der Waals surface area contributed by atoms with Crippen molar-refractivity contribution in [1.29, 1.82) is 0 Å². The highest BCUT2D eigenvalue weighted by Crippen LogP contribution is 2.42. The van der Waals surface area contributed by atoms with E-state index in [0.717, 1.165) is 22.4 Å². The number of ketones is 1. The molecule has 0 radical (unpaired) electrons. The molecule has 0 aromatic heterocycles. The van der Waals surface area contributed by atoms with Gasteiger partial charge in [0, 0.05) is 11.3 Å². The Morgan fingerprint density at radius 2 is 1.22 bits per heavy atom. The number of benzene rings is 3. The monoisotopic (exact) mass is 299 g/mol. The van der Waals surface area contributed by atoms with Crippen molar-refractivity contribution in [1.82, 2.24) is 0 Å². The van der Waals surface area contributed by atoms with Crippen LogP contribution in [0.1, 0.15) is 33.4 Å². The minimum Gasteiger partial charge on any atom is -0.377 e. The molecule has 0 fully saturated rings. The second-order valence-electron chi connectivity index (χ2n) is 5.83. The third-order valence-corrected chi connectivity index (χ3v) is 4.44. The summed E-state index contributed by atoms with van der Waals surface area (Å²) in [5.74, 6) is -0.0343. The third-order valence-electron chi connectivity index (χ3n) is 4.44. The first kappa shape index (κ1) is 13.8. The molecule has 0 aliphatic carbocycles. The summed E-state index contributed by atoms with van der Waals surface area (Å²) in [6.07, 6.45) is 0. The van der Waals surface area contributed by atoms with Crippen molar-refractivity contribution in [2.75, 3.05) is 5.32 Å². The Kier molecular flexibility index (Phi) is 3.43. The summed E-state index contributed by atoms with van der Waals surface area (Å²) in [5, 5.41) is 3.57. The Labute approximate surface area is 135 Å². The fourth-order valence-electron chi connectivity index (χ4n) is 3.33. The third kappa shape index (κ3) is 2.42. The summed E-state index contributed by atoms with van der Waals surface area (Å²) in [4.78, 5) is 13.2. The fraction of sp³-hybridized carbons (Fsp3) is 0.0952. The largest absolute Gasteiger partial charge is 0.377 e. The number of para-hydroxylation sites is 1. The fourth-order valence-corrected chi connectivity index (χ4v) is 3.33. The Bertz CT molecular complexity index is 827. The molecular formula is C21H17NO. The molecule has 23 heavy (non-hydrogen) atoms. The number of hydrogen-bond donors (Lipinski definition) is 1. The van der Waals surface area contributed by atoms with Gasteiger partial charge in [-0.1, -0.05) is 72.8 Å². The quantitative estimate of drug-likeness (QED) is 0.735. The predicted octanol–water partition coefficient (Wildman–Crippen LogP) is 4.82. The lowest BCUT2D eigenvalue weighted by molar-refractivity contribution is 0.0945. The maximum absolute atomic E-state index is 13.2. The van der Waals surface area contributed by atoms with Gasteiger partial charge in [0.1, 0.15) is 0 Å². The first-order valence-corrected chi connectivity index (χ1v) is 7.84. The van der Waals surface area contributed by atoms with E-state index in [0.29, 0.717) is 0 Å². The van der Waals surface area contributed by atoms with Gasteiger partial charge in [0.25, 0.3) is 0 Å². The maximum Gasteiger partial charge on any atom is 0.174 e. The van der Waals surface area contributed by atoms with Crippen LogP contribution >= 0.6 is 0 Å². The molecule has 0 saturated heterocycles. The van der Waals surface area contributed by atoms with Crippen LogP contribution in [0, 0.1) is 0 Å². The van der Waals surface area contributed by atoms with E-state index in [-0.39, 0.29) is 17.7 Å². The zero-order valence-electron chi connectivity index (χ0n) is 12.6. The Morgan fingerprint density at radius 3 is 1.91 bits per heavy atom. The number of carbonyl (C=O) groups is 1. The second-order valence-corrected chi connectivity index (χ2v) is 5.83. The first-order chi connectivity index (χ1) is 11.3. The lowest BCUT2D eigenvalue weighted by atomic mass is 9.78. The zero-order valence-corrected chi connectivity index (χ0v) is 12.6. The van der Waals surface area contributed by atoms with Crippen molar-refractivity contribution in [3.63, 3.8) is 0 Å². The SMILES string of the molecule is O=C1c2ccccc2N[C@@H](c2ccccc2)[C@H]1c1ccccc1. The van der Waals surface area contributed by atoms with Crippen molar-refractivity contribution in [2.45, 2.75) is 12.0 Å². The number of hydrogen-bond acceptors (Lipinski definition) is 2. The number of anilines is 1. The molecule has 3 aromatic carbocycles. The van der Waals surface area contributed by atoms with Crippen molar-refractivity contribution < 1.29 is 4.79 Å². The molecule has 0 saturated carbocycles. The Morgan fingerprint density at radius 1 is 0.652 bits per heavy atom. The van der Waals surface area contributed by atoms with Crippen LogP contribution in [-0.4, -0.2) is 5.78 Å². The normalized spacial score (nSPS) is 19.7. The number of nitrogens with one attached hydrogen (secondary N) is 1. The lowest BCUT2D eigenvalue weighted by Gasteiger charge is -2.34. The number of carbonyl (C=O) groups excluding carboxylic acids is 1. The van der Waals surface area contributed by atoms with Gasteiger partial charge in [-0.2, -0.15) is 0 Å². The standard InChI is InChI=1S/C21H17NO/c23-21-17-13-7-8-14-18(17)22-20(16-11-5-2-6-12-16)19(21)15-9-3-1-4-10-15/h1-14,19-20,22H/t19-,20+/m1/s1. The van der Waals surface area contributed by atoms with Crippen LogP contribution < -0.4 is 5.32 Å². The molecule has 1 N–H and O–H groups in total. The predicted molar refractivity (Wildman–Crippen MR) is 92.8 cm³/mol. The van der Waals surface area contributed by atoms with Crippen molar-refractivity contribution in [2.24, 2.45) is 0 Å². The summed E-state index contributed by atoms with van der Waals surface area (Å²) >= 11 is 0. The molecule has 0 spiro atoms. The van der Waals surface area contributed by atoms with E-state index in [4.69, 9.17) is 0 Å². The second kappa shape index (κ2) is 5.73. The number of Topliss-reactive ketones (excluding diaryl/α,β-unsaturated/α-hetero) is 1. The van der Waals surface area contributed by atoms with Crippen LogP contribution in [0.4, 0.5) is 5.69 Å². The Balaban J connectivity index is 1.87. The van der Waals surface area contributed by atoms with Crippen molar-refractivity contribution in [3.05, 3.63) is 102 Å². The van der Waals surface area contributed by atoms with Crippen LogP contribution in [0.15, 0.2) is 84.9 Å². The molecule has 1 aliphatic rings. The van der Waals surface area contributed by atoms with Gasteiger partial charge in [-0.15, -0.1) is 0 Å². The van der Waals surface area contributed by atoms with E-state index in [1.54, 1.807) is 0 Å². The summed E-state index contributed by atoms with van der Waals surface area (Å²) in [7, 11) is 0. The van der Waals surface area contributed by atoms with Crippen molar-refractivity contribution >= 4 is 11.5 Å². The van der Waals surface area contributed by atoms with E-state index < -0.39 is 0 Å².